The average molecular weight is 293 g/mol. The average Bonchev–Trinajstić information content (AvgIpc) is 3.07. The van der Waals surface area contributed by atoms with Gasteiger partial charge in [-0.25, -0.2) is 0 Å². The maximum absolute atomic E-state index is 3.78. The van der Waals surface area contributed by atoms with Gasteiger partial charge in [0.05, 0.1) is 0 Å². The lowest BCUT2D eigenvalue weighted by molar-refractivity contribution is 0.0929. The summed E-state index contributed by atoms with van der Waals surface area (Å²) >= 11 is 0. The lowest BCUT2D eigenvalue weighted by Crippen LogP contribution is -2.40. The predicted octanol–water partition coefficient (Wildman–Crippen LogP) is 3.77. The molecule has 3 rings (SSSR count). The first-order chi connectivity index (χ1) is 10.0. The quantitative estimate of drug-likeness (QED) is 0.852. The Bertz CT molecular complexity index is 351. The zero-order valence-electron chi connectivity index (χ0n) is 14.7. The Labute approximate surface area is 132 Å². The molecule has 0 aromatic heterocycles. The summed E-state index contributed by atoms with van der Waals surface area (Å²) in [5.74, 6) is 3.81. The Morgan fingerprint density at radius 2 is 1.95 bits per heavy atom. The molecule has 1 aliphatic carbocycles. The fraction of sp³-hybridized carbons (Fsp3) is 1.00. The minimum absolute atomic E-state index is 0.605. The summed E-state index contributed by atoms with van der Waals surface area (Å²) in [6, 6.07) is 0.723. The Kier molecular flexibility index (Phi) is 4.66. The van der Waals surface area contributed by atoms with Crippen molar-refractivity contribution in [2.45, 2.75) is 65.8 Å². The van der Waals surface area contributed by atoms with Crippen LogP contribution in [0.1, 0.15) is 59.8 Å². The van der Waals surface area contributed by atoms with Crippen molar-refractivity contribution in [3.8, 4) is 0 Å². The van der Waals surface area contributed by atoms with Crippen molar-refractivity contribution in [2.24, 2.45) is 29.1 Å². The number of hydrogen-bond donors (Lipinski definition) is 1. The minimum Gasteiger partial charge on any atom is -0.316 e. The minimum atomic E-state index is 0.605. The number of rotatable bonds is 3. The van der Waals surface area contributed by atoms with E-state index in [-0.39, 0.29) is 0 Å². The van der Waals surface area contributed by atoms with Crippen molar-refractivity contribution in [2.75, 3.05) is 26.2 Å². The number of hydrogen-bond acceptors (Lipinski definition) is 2. The molecule has 4 unspecified atom stereocenters. The predicted molar refractivity (Wildman–Crippen MR) is 90.4 cm³/mol. The number of nitrogens with one attached hydrogen (secondary N) is 1. The summed E-state index contributed by atoms with van der Waals surface area (Å²) in [4.78, 5) is 2.72. The van der Waals surface area contributed by atoms with Gasteiger partial charge in [0.15, 0.2) is 0 Å². The molecule has 0 aromatic carbocycles. The van der Waals surface area contributed by atoms with Crippen LogP contribution in [0.25, 0.3) is 0 Å². The van der Waals surface area contributed by atoms with Gasteiger partial charge in [0.1, 0.15) is 0 Å². The third-order valence-electron chi connectivity index (χ3n) is 7.04. The van der Waals surface area contributed by atoms with Crippen molar-refractivity contribution < 1.29 is 0 Å². The van der Waals surface area contributed by atoms with E-state index in [0.29, 0.717) is 5.41 Å². The van der Waals surface area contributed by atoms with Crippen molar-refractivity contribution in [1.29, 1.82) is 0 Å². The Morgan fingerprint density at radius 3 is 2.62 bits per heavy atom. The van der Waals surface area contributed by atoms with Gasteiger partial charge in [-0.2, -0.15) is 0 Å². The molecule has 3 fully saturated rings. The largest absolute Gasteiger partial charge is 0.316 e. The van der Waals surface area contributed by atoms with Gasteiger partial charge in [0.2, 0.25) is 0 Å². The van der Waals surface area contributed by atoms with Gasteiger partial charge < -0.3 is 10.2 Å². The van der Waals surface area contributed by atoms with E-state index in [0.717, 1.165) is 29.7 Å². The van der Waals surface area contributed by atoms with E-state index in [2.05, 4.69) is 37.9 Å². The first kappa shape index (κ1) is 15.8. The van der Waals surface area contributed by atoms with Crippen LogP contribution in [0.4, 0.5) is 0 Å². The molecule has 1 spiro atoms. The highest BCUT2D eigenvalue weighted by molar-refractivity contribution is 5.04. The molecule has 2 nitrogen and oxygen atoms in total. The molecule has 0 bridgehead atoms. The summed E-state index contributed by atoms with van der Waals surface area (Å²) in [7, 11) is 0. The lowest BCUT2D eigenvalue weighted by Gasteiger charge is -2.41. The van der Waals surface area contributed by atoms with Crippen LogP contribution in [0.5, 0.6) is 0 Å². The molecule has 0 radical (unpaired) electrons. The van der Waals surface area contributed by atoms with E-state index in [4.69, 9.17) is 0 Å². The molecule has 2 saturated heterocycles. The molecule has 1 saturated carbocycles. The van der Waals surface area contributed by atoms with Crippen molar-refractivity contribution in [1.82, 2.24) is 10.2 Å². The molecule has 21 heavy (non-hydrogen) atoms. The molecular weight excluding hydrogens is 256 g/mol. The normalized spacial score (nSPS) is 41.7. The standard InChI is InChI=1S/C19H36N2/c1-14(2)16-6-5-7-17(10-16)18-11-20-12-19(18)8-9-21(13-19)15(3)4/h14-18,20H,5-13H2,1-4H3. The van der Waals surface area contributed by atoms with Crippen molar-refractivity contribution in [3.05, 3.63) is 0 Å². The smallest absolute Gasteiger partial charge is 0.00566 e. The highest BCUT2D eigenvalue weighted by atomic mass is 15.2. The summed E-state index contributed by atoms with van der Waals surface area (Å²) in [5.41, 5.74) is 0.605. The monoisotopic (exact) mass is 292 g/mol. The highest BCUT2D eigenvalue weighted by Gasteiger charge is 2.50. The fourth-order valence-corrected chi connectivity index (χ4v) is 5.55. The van der Waals surface area contributed by atoms with Crippen LogP contribution < -0.4 is 5.32 Å². The van der Waals surface area contributed by atoms with Crippen LogP contribution >= 0.6 is 0 Å². The Morgan fingerprint density at radius 1 is 1.14 bits per heavy atom. The molecule has 0 amide bonds. The Balaban J connectivity index is 1.69. The molecule has 122 valence electrons. The van der Waals surface area contributed by atoms with Crippen molar-refractivity contribution in [3.63, 3.8) is 0 Å². The first-order valence-corrected chi connectivity index (χ1v) is 9.46. The molecule has 0 aromatic rings. The second kappa shape index (κ2) is 6.20. The van der Waals surface area contributed by atoms with Gasteiger partial charge in [0.25, 0.3) is 0 Å². The second-order valence-electron chi connectivity index (χ2n) is 8.84. The van der Waals surface area contributed by atoms with Gasteiger partial charge in [-0.05, 0) is 63.5 Å². The van der Waals surface area contributed by atoms with E-state index in [1.54, 1.807) is 0 Å². The van der Waals surface area contributed by atoms with Gasteiger partial charge in [-0.1, -0.05) is 33.1 Å². The first-order valence-electron chi connectivity index (χ1n) is 9.46. The zero-order valence-corrected chi connectivity index (χ0v) is 14.7. The molecule has 4 atom stereocenters. The molecule has 2 heteroatoms. The fourth-order valence-electron chi connectivity index (χ4n) is 5.55. The summed E-state index contributed by atoms with van der Waals surface area (Å²) in [6.07, 6.45) is 7.41. The molecule has 3 aliphatic rings. The van der Waals surface area contributed by atoms with Gasteiger partial charge in [0, 0.05) is 24.5 Å². The highest BCUT2D eigenvalue weighted by Crippen LogP contribution is 2.49. The van der Waals surface area contributed by atoms with Crippen LogP contribution in [0, 0.1) is 29.1 Å². The molecule has 2 aliphatic heterocycles. The van der Waals surface area contributed by atoms with Crippen LogP contribution in [0.3, 0.4) is 0 Å². The maximum Gasteiger partial charge on any atom is 0.00566 e. The maximum atomic E-state index is 3.78. The van der Waals surface area contributed by atoms with E-state index in [1.807, 2.05) is 0 Å². The molecule has 2 heterocycles. The summed E-state index contributed by atoms with van der Waals surface area (Å²) in [5, 5.41) is 3.78. The van der Waals surface area contributed by atoms with Gasteiger partial charge in [-0.3, -0.25) is 0 Å². The van der Waals surface area contributed by atoms with Gasteiger partial charge in [-0.15, -0.1) is 0 Å². The third-order valence-corrected chi connectivity index (χ3v) is 7.04. The van der Waals surface area contributed by atoms with Crippen LogP contribution in [0.15, 0.2) is 0 Å². The third kappa shape index (κ3) is 3.03. The zero-order chi connectivity index (χ0) is 15.0. The summed E-state index contributed by atoms with van der Waals surface area (Å²) in [6.45, 7) is 14.9. The SMILES string of the molecule is CC(C)C1CCCC(C2CNCC23CCN(C(C)C)C3)C1. The molecular formula is C19H36N2. The van der Waals surface area contributed by atoms with Gasteiger partial charge >= 0.3 is 0 Å². The van der Waals surface area contributed by atoms with Crippen LogP contribution in [-0.4, -0.2) is 37.1 Å². The van der Waals surface area contributed by atoms with E-state index in [1.165, 1.54) is 58.3 Å². The van der Waals surface area contributed by atoms with E-state index in [9.17, 15) is 0 Å². The lowest BCUT2D eigenvalue weighted by atomic mass is 9.64. The second-order valence-corrected chi connectivity index (χ2v) is 8.84. The van der Waals surface area contributed by atoms with Crippen molar-refractivity contribution >= 4 is 0 Å². The number of nitrogens with zero attached hydrogens (tertiary/aromatic N) is 1. The Hall–Kier alpha value is -0.0800. The van der Waals surface area contributed by atoms with E-state index < -0.39 is 0 Å². The molecule has 1 N–H and O–H groups in total. The topological polar surface area (TPSA) is 15.3 Å². The number of likely N-dealkylation sites (tertiary alicyclic amines) is 1. The summed E-state index contributed by atoms with van der Waals surface area (Å²) < 4.78 is 0. The van der Waals surface area contributed by atoms with Crippen LogP contribution in [-0.2, 0) is 0 Å². The van der Waals surface area contributed by atoms with E-state index >= 15 is 0 Å². The van der Waals surface area contributed by atoms with Crippen LogP contribution in [0.2, 0.25) is 0 Å².